The van der Waals surface area contributed by atoms with Crippen molar-refractivity contribution in [1.82, 2.24) is 9.80 Å². The average Bonchev–Trinajstić information content (AvgIpc) is 3.46. The van der Waals surface area contributed by atoms with E-state index in [9.17, 15) is 4.79 Å². The van der Waals surface area contributed by atoms with Gasteiger partial charge in [0.15, 0.2) is 0 Å². The highest BCUT2D eigenvalue weighted by Gasteiger charge is 2.31. The summed E-state index contributed by atoms with van der Waals surface area (Å²) in [5.41, 5.74) is 0.597. The van der Waals surface area contributed by atoms with E-state index in [4.69, 9.17) is 14.2 Å². The molecular formula is C23H34N2O4. The van der Waals surface area contributed by atoms with E-state index in [-0.39, 0.29) is 18.1 Å². The predicted octanol–water partition coefficient (Wildman–Crippen LogP) is 3.34. The molecular weight excluding hydrogens is 368 g/mol. The normalized spacial score (nSPS) is 24.2. The molecule has 1 amide bonds. The first-order valence-electron chi connectivity index (χ1n) is 11.1. The van der Waals surface area contributed by atoms with Crippen molar-refractivity contribution < 1.29 is 19.0 Å². The third-order valence-corrected chi connectivity index (χ3v) is 6.79. The summed E-state index contributed by atoms with van der Waals surface area (Å²) in [4.78, 5) is 17.7. The number of amides is 1. The Morgan fingerprint density at radius 3 is 2.34 bits per heavy atom. The van der Waals surface area contributed by atoms with Crippen molar-refractivity contribution in [2.24, 2.45) is 0 Å². The first-order valence-corrected chi connectivity index (χ1v) is 11.1. The minimum absolute atomic E-state index is 0.00171. The number of likely N-dealkylation sites (tertiary alicyclic amines) is 2. The maximum Gasteiger partial charge on any atom is 0.257 e. The minimum Gasteiger partial charge on any atom is -0.497 e. The number of rotatable bonds is 6. The number of hydrogen-bond donors (Lipinski definition) is 0. The highest BCUT2D eigenvalue weighted by molar-refractivity contribution is 5.97. The number of carbonyl (C=O) groups excluding carboxylic acids is 1. The Morgan fingerprint density at radius 1 is 0.966 bits per heavy atom. The van der Waals surface area contributed by atoms with Gasteiger partial charge in [-0.1, -0.05) is 12.8 Å². The zero-order valence-electron chi connectivity index (χ0n) is 17.8. The van der Waals surface area contributed by atoms with Crippen LogP contribution >= 0.6 is 0 Å². The maximum atomic E-state index is 13.2. The molecule has 1 aromatic carbocycles. The van der Waals surface area contributed by atoms with Gasteiger partial charge in [0.05, 0.1) is 18.8 Å². The number of benzene rings is 1. The second kappa shape index (κ2) is 9.35. The number of ether oxygens (including phenoxy) is 3. The molecule has 1 saturated carbocycles. The number of nitrogens with zero attached hydrogens (tertiary/aromatic N) is 2. The lowest BCUT2D eigenvalue weighted by Crippen LogP contribution is -2.43. The Morgan fingerprint density at radius 2 is 1.69 bits per heavy atom. The summed E-state index contributed by atoms with van der Waals surface area (Å²) in [5.74, 6) is 1.36. The minimum atomic E-state index is 0.00171. The van der Waals surface area contributed by atoms with Crippen LogP contribution in [-0.2, 0) is 4.74 Å². The summed E-state index contributed by atoms with van der Waals surface area (Å²) in [6.45, 7) is 3.53. The Balaban J connectivity index is 1.42. The Hall–Kier alpha value is -1.79. The van der Waals surface area contributed by atoms with E-state index in [1.807, 2.05) is 23.1 Å². The van der Waals surface area contributed by atoms with Gasteiger partial charge in [0.2, 0.25) is 0 Å². The molecule has 1 aliphatic carbocycles. The summed E-state index contributed by atoms with van der Waals surface area (Å²) in [6.07, 6.45) is 8.64. The molecule has 1 aromatic rings. The van der Waals surface area contributed by atoms with Gasteiger partial charge in [0, 0.05) is 39.3 Å². The van der Waals surface area contributed by atoms with Crippen molar-refractivity contribution in [3.63, 3.8) is 0 Å². The molecule has 2 saturated heterocycles. The molecule has 160 valence electrons. The molecule has 29 heavy (non-hydrogen) atoms. The molecule has 1 atom stereocenters. The lowest BCUT2D eigenvalue weighted by Gasteiger charge is -2.36. The number of piperidine rings is 1. The van der Waals surface area contributed by atoms with Gasteiger partial charge in [0.25, 0.3) is 5.91 Å². The van der Waals surface area contributed by atoms with E-state index >= 15 is 0 Å². The Kier molecular flexibility index (Phi) is 6.60. The molecule has 0 radical (unpaired) electrons. The molecule has 6 nitrogen and oxygen atoms in total. The highest BCUT2D eigenvalue weighted by atomic mass is 16.5. The van der Waals surface area contributed by atoms with Crippen molar-refractivity contribution in [2.75, 3.05) is 40.4 Å². The summed E-state index contributed by atoms with van der Waals surface area (Å²) in [6, 6.07) is 6.35. The fraction of sp³-hybridized carbons (Fsp3) is 0.696. The fourth-order valence-electron chi connectivity index (χ4n) is 4.99. The van der Waals surface area contributed by atoms with Crippen molar-refractivity contribution in [1.29, 1.82) is 0 Å². The van der Waals surface area contributed by atoms with E-state index in [1.54, 1.807) is 14.2 Å². The van der Waals surface area contributed by atoms with E-state index < -0.39 is 0 Å². The van der Waals surface area contributed by atoms with Crippen LogP contribution in [0.3, 0.4) is 0 Å². The third kappa shape index (κ3) is 4.69. The van der Waals surface area contributed by atoms with Gasteiger partial charge in [-0.05, 0) is 50.3 Å². The van der Waals surface area contributed by atoms with Gasteiger partial charge >= 0.3 is 0 Å². The molecule has 4 rings (SSSR count). The second-order valence-electron chi connectivity index (χ2n) is 8.55. The monoisotopic (exact) mass is 402 g/mol. The van der Waals surface area contributed by atoms with Crippen molar-refractivity contribution >= 4 is 5.91 Å². The highest BCUT2D eigenvalue weighted by Crippen LogP contribution is 2.31. The first-order chi connectivity index (χ1) is 14.2. The Bertz CT molecular complexity index is 696. The van der Waals surface area contributed by atoms with Gasteiger partial charge in [-0.3, -0.25) is 4.79 Å². The topological polar surface area (TPSA) is 51.2 Å². The summed E-state index contributed by atoms with van der Waals surface area (Å²) in [5, 5.41) is 0. The van der Waals surface area contributed by atoms with E-state index in [1.165, 1.54) is 25.7 Å². The van der Waals surface area contributed by atoms with Crippen LogP contribution in [0.15, 0.2) is 18.2 Å². The number of hydrogen-bond acceptors (Lipinski definition) is 5. The van der Waals surface area contributed by atoms with Crippen LogP contribution in [0.5, 0.6) is 11.5 Å². The van der Waals surface area contributed by atoms with E-state index in [0.717, 1.165) is 38.4 Å². The zero-order chi connectivity index (χ0) is 20.2. The van der Waals surface area contributed by atoms with Gasteiger partial charge in [-0.2, -0.15) is 0 Å². The number of methoxy groups -OCH3 is 2. The van der Waals surface area contributed by atoms with Crippen LogP contribution in [0.25, 0.3) is 0 Å². The molecule has 1 unspecified atom stereocenters. The van der Waals surface area contributed by atoms with Crippen LogP contribution in [0, 0.1) is 0 Å². The summed E-state index contributed by atoms with van der Waals surface area (Å²) >= 11 is 0. The molecule has 0 aromatic heterocycles. The fourth-order valence-corrected chi connectivity index (χ4v) is 4.99. The molecule has 3 fully saturated rings. The smallest absolute Gasteiger partial charge is 0.257 e. The van der Waals surface area contributed by atoms with Crippen molar-refractivity contribution in [2.45, 2.75) is 63.2 Å². The number of carbonyl (C=O) groups is 1. The molecule has 0 bridgehead atoms. The van der Waals surface area contributed by atoms with E-state index in [0.29, 0.717) is 30.2 Å². The van der Waals surface area contributed by atoms with Crippen molar-refractivity contribution in [3.8, 4) is 11.5 Å². The van der Waals surface area contributed by atoms with Gasteiger partial charge in [-0.25, -0.2) is 0 Å². The van der Waals surface area contributed by atoms with Crippen LogP contribution in [0.2, 0.25) is 0 Å². The quantitative estimate of drug-likeness (QED) is 0.730. The molecule has 0 N–H and O–H groups in total. The van der Waals surface area contributed by atoms with Crippen LogP contribution < -0.4 is 9.47 Å². The SMILES string of the molecule is COc1ccc(OC2CCN(C3CCCC3)CC2)c(C(=O)N2CCC(OC)C2)c1. The summed E-state index contributed by atoms with van der Waals surface area (Å²) < 4.78 is 17.2. The molecule has 0 spiro atoms. The van der Waals surface area contributed by atoms with Gasteiger partial charge in [0.1, 0.15) is 17.6 Å². The predicted molar refractivity (Wildman–Crippen MR) is 112 cm³/mol. The first kappa shape index (κ1) is 20.5. The van der Waals surface area contributed by atoms with Crippen molar-refractivity contribution in [3.05, 3.63) is 23.8 Å². The molecule has 2 heterocycles. The second-order valence-corrected chi connectivity index (χ2v) is 8.55. The molecule has 3 aliphatic rings. The Labute approximate surface area is 174 Å². The maximum absolute atomic E-state index is 13.2. The third-order valence-electron chi connectivity index (χ3n) is 6.79. The molecule has 2 aliphatic heterocycles. The van der Waals surface area contributed by atoms with Gasteiger partial charge in [-0.15, -0.1) is 0 Å². The lowest BCUT2D eigenvalue weighted by atomic mass is 10.0. The standard InChI is InChI=1S/C23H34N2O4/c1-27-19-7-8-22(21(15-19)23(26)25-14-11-20(16-25)28-2)29-18-9-12-24(13-10-18)17-5-3-4-6-17/h7-8,15,17-18,20H,3-6,9-14,16H2,1-2H3. The van der Waals surface area contributed by atoms with Crippen LogP contribution in [0.1, 0.15) is 55.3 Å². The average molecular weight is 403 g/mol. The van der Waals surface area contributed by atoms with Gasteiger partial charge < -0.3 is 24.0 Å². The van der Waals surface area contributed by atoms with Crippen LogP contribution in [0.4, 0.5) is 0 Å². The van der Waals surface area contributed by atoms with E-state index in [2.05, 4.69) is 4.90 Å². The lowest BCUT2D eigenvalue weighted by molar-refractivity contribution is 0.0678. The van der Waals surface area contributed by atoms with Crippen LogP contribution in [-0.4, -0.2) is 74.4 Å². The summed E-state index contributed by atoms with van der Waals surface area (Å²) in [7, 11) is 3.33. The largest absolute Gasteiger partial charge is 0.497 e. The molecule has 6 heteroatoms. The zero-order valence-corrected chi connectivity index (χ0v) is 17.8.